The predicted octanol–water partition coefficient (Wildman–Crippen LogP) is 2.14. The zero-order chi connectivity index (χ0) is 17.1. The van der Waals surface area contributed by atoms with Crippen LogP contribution in [0.15, 0.2) is 35.2 Å². The Morgan fingerprint density at radius 3 is 2.96 bits per heavy atom. The first-order valence-corrected chi connectivity index (χ1v) is 8.27. The summed E-state index contributed by atoms with van der Waals surface area (Å²) in [5.74, 6) is 0.657. The third-order valence-corrected chi connectivity index (χ3v) is 4.26. The topological polar surface area (TPSA) is 84.7 Å². The Labute approximate surface area is 147 Å². The number of hydrogen-bond acceptors (Lipinski definition) is 5. The number of carbonyl (C=O) groups excluding carboxylic acids is 1. The number of halogens is 1. The largest absolute Gasteiger partial charge is 0.369 e. The highest BCUT2D eigenvalue weighted by Gasteiger charge is 2.13. The van der Waals surface area contributed by atoms with Crippen LogP contribution in [0.5, 0.6) is 0 Å². The van der Waals surface area contributed by atoms with Gasteiger partial charge in [-0.05, 0) is 40.0 Å². The Morgan fingerprint density at radius 2 is 2.17 bits per heavy atom. The van der Waals surface area contributed by atoms with Crippen molar-refractivity contribution in [2.45, 2.75) is 6.42 Å². The second-order valence-electron chi connectivity index (χ2n) is 5.29. The van der Waals surface area contributed by atoms with E-state index in [0.29, 0.717) is 16.7 Å². The summed E-state index contributed by atoms with van der Waals surface area (Å²) in [5.41, 5.74) is 2.51. The van der Waals surface area contributed by atoms with Gasteiger partial charge in [0.15, 0.2) is 5.65 Å². The summed E-state index contributed by atoms with van der Waals surface area (Å²) in [6.45, 7) is 0.685. The van der Waals surface area contributed by atoms with E-state index in [0.717, 1.165) is 28.8 Å². The molecule has 0 saturated carbocycles. The lowest BCUT2D eigenvalue weighted by molar-refractivity contribution is 0.0963. The molecule has 0 unspecified atom stereocenters. The molecule has 0 atom stereocenters. The molecule has 124 valence electrons. The number of rotatable bonds is 5. The molecule has 0 spiro atoms. The van der Waals surface area contributed by atoms with E-state index in [1.54, 1.807) is 17.8 Å². The fourth-order valence-electron chi connectivity index (χ4n) is 2.51. The van der Waals surface area contributed by atoms with Gasteiger partial charge >= 0.3 is 0 Å². The van der Waals surface area contributed by atoms with E-state index < -0.39 is 0 Å². The van der Waals surface area contributed by atoms with Crippen molar-refractivity contribution in [1.29, 1.82) is 0 Å². The maximum Gasteiger partial charge on any atom is 0.251 e. The predicted molar refractivity (Wildman–Crippen MR) is 96.0 cm³/mol. The molecule has 8 heteroatoms. The van der Waals surface area contributed by atoms with E-state index in [2.05, 4.69) is 41.6 Å². The second kappa shape index (κ2) is 6.96. The van der Waals surface area contributed by atoms with Gasteiger partial charge < -0.3 is 10.6 Å². The standard InChI is InChI=1S/C16H17BrN6O/c1-18-16(24)11-5-3-4-10(8-11)6-7-19-14-12-13(17)22-23(2)15(12)21-9-20-14/h3-5,8-9H,6-7H2,1-2H3,(H,18,24)(H,19,20,21). The van der Waals surface area contributed by atoms with Crippen molar-refractivity contribution >= 4 is 38.7 Å². The van der Waals surface area contributed by atoms with Gasteiger partial charge in [0.2, 0.25) is 0 Å². The lowest BCUT2D eigenvalue weighted by Gasteiger charge is -2.08. The summed E-state index contributed by atoms with van der Waals surface area (Å²) in [6, 6.07) is 7.59. The molecule has 0 bridgehead atoms. The summed E-state index contributed by atoms with van der Waals surface area (Å²) in [7, 11) is 3.47. The molecule has 3 rings (SSSR count). The zero-order valence-electron chi connectivity index (χ0n) is 13.4. The molecule has 0 radical (unpaired) electrons. The highest BCUT2D eigenvalue weighted by atomic mass is 79.9. The van der Waals surface area contributed by atoms with Gasteiger partial charge in [0, 0.05) is 26.2 Å². The van der Waals surface area contributed by atoms with E-state index in [9.17, 15) is 4.79 Å². The number of aryl methyl sites for hydroxylation is 1. The van der Waals surface area contributed by atoms with Crippen molar-refractivity contribution in [3.63, 3.8) is 0 Å². The normalized spacial score (nSPS) is 10.8. The highest BCUT2D eigenvalue weighted by molar-refractivity contribution is 9.10. The Balaban J connectivity index is 1.72. The molecule has 0 aliphatic carbocycles. The van der Waals surface area contributed by atoms with Gasteiger partial charge in [-0.2, -0.15) is 5.10 Å². The van der Waals surface area contributed by atoms with Gasteiger partial charge in [-0.1, -0.05) is 12.1 Å². The van der Waals surface area contributed by atoms with E-state index in [4.69, 9.17) is 0 Å². The first kappa shape index (κ1) is 16.4. The third kappa shape index (κ3) is 3.23. The van der Waals surface area contributed by atoms with Crippen LogP contribution in [0.1, 0.15) is 15.9 Å². The number of fused-ring (bicyclic) bond motifs is 1. The molecule has 7 nitrogen and oxygen atoms in total. The molecule has 0 fully saturated rings. The number of aromatic nitrogens is 4. The molecule has 0 aliphatic heterocycles. The Hall–Kier alpha value is -2.48. The minimum atomic E-state index is -0.0818. The van der Waals surface area contributed by atoms with E-state index in [1.165, 1.54) is 6.33 Å². The zero-order valence-corrected chi connectivity index (χ0v) is 15.0. The second-order valence-corrected chi connectivity index (χ2v) is 6.04. The average molecular weight is 389 g/mol. The van der Waals surface area contributed by atoms with Crippen LogP contribution in [0.2, 0.25) is 0 Å². The molecular formula is C16H17BrN6O. The van der Waals surface area contributed by atoms with Gasteiger partial charge in [0.25, 0.3) is 5.91 Å². The van der Waals surface area contributed by atoms with Crippen LogP contribution in [0, 0.1) is 0 Å². The van der Waals surface area contributed by atoms with Crippen molar-refractivity contribution in [3.8, 4) is 0 Å². The first-order chi connectivity index (χ1) is 11.6. The summed E-state index contributed by atoms with van der Waals surface area (Å²) in [5, 5.41) is 11.1. The molecule has 24 heavy (non-hydrogen) atoms. The van der Waals surface area contributed by atoms with Gasteiger partial charge in [-0.25, -0.2) is 14.6 Å². The quantitative estimate of drug-likeness (QED) is 0.699. The first-order valence-electron chi connectivity index (χ1n) is 7.48. The van der Waals surface area contributed by atoms with Crippen LogP contribution in [0.3, 0.4) is 0 Å². The number of carbonyl (C=O) groups is 1. The van der Waals surface area contributed by atoms with Crippen molar-refractivity contribution < 1.29 is 4.79 Å². The number of nitrogens with one attached hydrogen (secondary N) is 2. The lowest BCUT2D eigenvalue weighted by atomic mass is 10.1. The van der Waals surface area contributed by atoms with Crippen molar-refractivity contribution in [2.75, 3.05) is 18.9 Å². The molecule has 3 aromatic rings. The van der Waals surface area contributed by atoms with E-state index in [1.807, 2.05) is 25.2 Å². The number of amides is 1. The summed E-state index contributed by atoms with van der Waals surface area (Å²) in [6.07, 6.45) is 2.29. The van der Waals surface area contributed by atoms with Crippen LogP contribution in [0.4, 0.5) is 5.82 Å². The highest BCUT2D eigenvalue weighted by Crippen LogP contribution is 2.26. The molecule has 2 heterocycles. The SMILES string of the molecule is CNC(=O)c1cccc(CCNc2ncnc3c2c(Br)nn3C)c1. The lowest BCUT2D eigenvalue weighted by Crippen LogP contribution is -2.18. The van der Waals surface area contributed by atoms with Crippen LogP contribution < -0.4 is 10.6 Å². The Bertz CT molecular complexity index is 891. The number of anilines is 1. The molecule has 0 aliphatic rings. The smallest absolute Gasteiger partial charge is 0.251 e. The maximum atomic E-state index is 11.7. The van der Waals surface area contributed by atoms with E-state index >= 15 is 0 Å². The van der Waals surface area contributed by atoms with Gasteiger partial charge in [-0.3, -0.25) is 4.79 Å². The van der Waals surface area contributed by atoms with Crippen molar-refractivity contribution in [3.05, 3.63) is 46.3 Å². The summed E-state index contributed by atoms with van der Waals surface area (Å²) in [4.78, 5) is 20.2. The van der Waals surface area contributed by atoms with Gasteiger partial charge in [0.05, 0.1) is 5.39 Å². The minimum Gasteiger partial charge on any atom is -0.369 e. The molecule has 2 N–H and O–H groups in total. The van der Waals surface area contributed by atoms with Crippen LogP contribution in [-0.2, 0) is 13.5 Å². The van der Waals surface area contributed by atoms with Crippen LogP contribution in [0.25, 0.3) is 11.0 Å². The van der Waals surface area contributed by atoms with E-state index in [-0.39, 0.29) is 5.91 Å². The van der Waals surface area contributed by atoms with Crippen molar-refractivity contribution in [2.24, 2.45) is 7.05 Å². The number of benzene rings is 1. The molecule has 1 aromatic carbocycles. The third-order valence-electron chi connectivity index (χ3n) is 3.70. The monoisotopic (exact) mass is 388 g/mol. The maximum absolute atomic E-state index is 11.7. The molecule has 2 aromatic heterocycles. The minimum absolute atomic E-state index is 0.0818. The number of hydrogen-bond donors (Lipinski definition) is 2. The molecule has 0 saturated heterocycles. The van der Waals surface area contributed by atoms with Crippen molar-refractivity contribution in [1.82, 2.24) is 25.1 Å². The fourth-order valence-corrected chi connectivity index (χ4v) is 3.12. The molecular weight excluding hydrogens is 372 g/mol. The van der Waals surface area contributed by atoms with Crippen LogP contribution in [-0.4, -0.2) is 39.2 Å². The fraction of sp³-hybridized carbons (Fsp3) is 0.250. The summed E-state index contributed by atoms with van der Waals surface area (Å²) < 4.78 is 2.42. The number of nitrogens with zero attached hydrogens (tertiary/aromatic N) is 4. The Morgan fingerprint density at radius 1 is 1.33 bits per heavy atom. The average Bonchev–Trinajstić information content (AvgIpc) is 2.89. The summed E-state index contributed by atoms with van der Waals surface area (Å²) >= 11 is 3.44. The van der Waals surface area contributed by atoms with Gasteiger partial charge in [-0.15, -0.1) is 0 Å². The van der Waals surface area contributed by atoms with Gasteiger partial charge in [0.1, 0.15) is 16.7 Å². The van der Waals surface area contributed by atoms with Crippen LogP contribution >= 0.6 is 15.9 Å². The Kier molecular flexibility index (Phi) is 4.75. The molecule has 1 amide bonds.